The Morgan fingerprint density at radius 1 is 1.58 bits per heavy atom. The smallest absolute Gasteiger partial charge is 0.226 e. The topological polar surface area (TPSA) is 99.6 Å². The summed E-state index contributed by atoms with van der Waals surface area (Å²) in [5.41, 5.74) is 1.01. The maximum Gasteiger partial charge on any atom is 0.226 e. The fourth-order valence-electron chi connectivity index (χ4n) is 0.968. The molecule has 0 saturated heterocycles. The SMILES string of the molecule is Cc1cc(=O)c2nncn2[nH]1.[NH4+]. The molecule has 2 rings (SSSR count). The zero-order chi connectivity index (χ0) is 7.84. The third kappa shape index (κ3) is 1.08. The van der Waals surface area contributed by atoms with E-state index >= 15 is 0 Å². The molecule has 2 aromatic heterocycles. The lowest BCUT2D eigenvalue weighted by Crippen LogP contribution is -2.08. The van der Waals surface area contributed by atoms with Crippen LogP contribution in [0.3, 0.4) is 0 Å². The predicted octanol–water partition coefficient (Wildman–Crippen LogP) is 0.102. The number of fused-ring (bicyclic) bond motifs is 1. The first-order valence-corrected chi connectivity index (χ1v) is 3.17. The van der Waals surface area contributed by atoms with Gasteiger partial charge in [0.1, 0.15) is 6.33 Å². The van der Waals surface area contributed by atoms with Crippen LogP contribution in [0.4, 0.5) is 0 Å². The molecule has 2 heterocycles. The lowest BCUT2D eigenvalue weighted by atomic mass is 10.4. The van der Waals surface area contributed by atoms with Gasteiger partial charge in [-0.3, -0.25) is 9.89 Å². The van der Waals surface area contributed by atoms with Crippen LogP contribution in [0.1, 0.15) is 5.69 Å². The molecule has 5 N–H and O–H groups in total. The minimum Gasteiger partial charge on any atom is -0.369 e. The number of quaternary nitrogens is 1. The molecule has 0 aliphatic carbocycles. The van der Waals surface area contributed by atoms with Crippen molar-refractivity contribution in [1.82, 2.24) is 26.0 Å². The summed E-state index contributed by atoms with van der Waals surface area (Å²) in [7, 11) is 0. The largest absolute Gasteiger partial charge is 0.369 e. The first kappa shape index (κ1) is 8.41. The van der Waals surface area contributed by atoms with Gasteiger partial charge in [0.15, 0.2) is 0 Å². The second kappa shape index (κ2) is 2.74. The maximum atomic E-state index is 11.1. The normalized spacial score (nSPS) is 9.75. The fourth-order valence-corrected chi connectivity index (χ4v) is 0.968. The number of nitrogens with zero attached hydrogens (tertiary/aromatic N) is 3. The third-order valence-corrected chi connectivity index (χ3v) is 1.41. The van der Waals surface area contributed by atoms with Gasteiger partial charge in [0.25, 0.3) is 0 Å². The molecule has 0 aromatic carbocycles. The molecular formula is C6H10N5O+. The minimum absolute atomic E-state index is 0. The van der Waals surface area contributed by atoms with E-state index in [2.05, 4.69) is 15.3 Å². The van der Waals surface area contributed by atoms with Gasteiger partial charge >= 0.3 is 0 Å². The van der Waals surface area contributed by atoms with Crippen LogP contribution in [0.15, 0.2) is 17.2 Å². The van der Waals surface area contributed by atoms with Crippen LogP contribution >= 0.6 is 0 Å². The number of nitrogens with one attached hydrogen (secondary N) is 1. The Morgan fingerprint density at radius 3 is 3.08 bits per heavy atom. The summed E-state index contributed by atoms with van der Waals surface area (Å²) in [5, 5.41) is 10.1. The number of aromatic nitrogens is 4. The summed E-state index contributed by atoms with van der Waals surface area (Å²) >= 11 is 0. The highest BCUT2D eigenvalue weighted by Gasteiger charge is 1.99. The molecule has 0 atom stereocenters. The van der Waals surface area contributed by atoms with Crippen LogP contribution in [-0.2, 0) is 0 Å². The van der Waals surface area contributed by atoms with E-state index in [-0.39, 0.29) is 11.6 Å². The van der Waals surface area contributed by atoms with Gasteiger partial charge in [-0.2, -0.15) is 0 Å². The van der Waals surface area contributed by atoms with Crippen LogP contribution in [0.5, 0.6) is 0 Å². The van der Waals surface area contributed by atoms with Gasteiger partial charge in [0, 0.05) is 11.8 Å². The van der Waals surface area contributed by atoms with Crippen LogP contribution in [0.25, 0.3) is 5.65 Å². The van der Waals surface area contributed by atoms with Crippen LogP contribution < -0.4 is 11.6 Å². The summed E-state index contributed by atoms with van der Waals surface area (Å²) in [6.45, 7) is 1.81. The fraction of sp³-hybridized carbons (Fsp3) is 0.167. The summed E-state index contributed by atoms with van der Waals surface area (Å²) in [6.07, 6.45) is 1.46. The van der Waals surface area contributed by atoms with Gasteiger partial charge < -0.3 is 6.15 Å². The van der Waals surface area contributed by atoms with Crippen LogP contribution in [0, 0.1) is 6.92 Å². The van der Waals surface area contributed by atoms with E-state index in [1.165, 1.54) is 16.9 Å². The predicted molar refractivity (Wildman–Crippen MR) is 44.3 cm³/mol. The average molecular weight is 168 g/mol. The molecule has 0 aliphatic heterocycles. The van der Waals surface area contributed by atoms with Crippen molar-refractivity contribution in [3.05, 3.63) is 28.3 Å². The number of aryl methyl sites for hydroxylation is 1. The van der Waals surface area contributed by atoms with Gasteiger partial charge in [0.2, 0.25) is 11.1 Å². The molecule has 0 radical (unpaired) electrons. The Bertz CT molecular complexity index is 442. The summed E-state index contributed by atoms with van der Waals surface area (Å²) in [4.78, 5) is 11.1. The lowest BCUT2D eigenvalue weighted by Gasteiger charge is -1.93. The Morgan fingerprint density at radius 2 is 2.33 bits per heavy atom. The summed E-state index contributed by atoms with van der Waals surface area (Å²) in [5.74, 6) is 0. The molecule has 64 valence electrons. The van der Waals surface area contributed by atoms with Crippen LogP contribution in [0.2, 0.25) is 0 Å². The molecule has 6 heteroatoms. The molecular weight excluding hydrogens is 158 g/mol. The van der Waals surface area contributed by atoms with E-state index in [4.69, 9.17) is 0 Å². The molecule has 0 aliphatic rings. The van der Waals surface area contributed by atoms with Crippen LogP contribution in [-0.4, -0.2) is 19.8 Å². The van der Waals surface area contributed by atoms with E-state index in [0.717, 1.165) is 5.69 Å². The highest BCUT2D eigenvalue weighted by molar-refractivity contribution is 5.34. The molecule has 0 fully saturated rings. The van der Waals surface area contributed by atoms with E-state index in [9.17, 15) is 4.79 Å². The molecule has 0 spiro atoms. The quantitative estimate of drug-likeness (QED) is 0.583. The Balaban J connectivity index is 0.000000720. The standard InChI is InChI=1S/C6H6N4O.H3N/c1-4-2-5(11)6-8-7-3-10(6)9-4;/h2-3,9H,1H3;1H3/p+1. The zero-order valence-electron chi connectivity index (χ0n) is 6.90. The molecule has 12 heavy (non-hydrogen) atoms. The third-order valence-electron chi connectivity index (χ3n) is 1.41. The van der Waals surface area contributed by atoms with Crippen molar-refractivity contribution < 1.29 is 0 Å². The number of rotatable bonds is 0. The number of aromatic amines is 1. The first-order chi connectivity index (χ1) is 5.27. The summed E-state index contributed by atoms with van der Waals surface area (Å²) < 4.78 is 1.50. The average Bonchev–Trinajstić information content (AvgIpc) is 2.34. The molecule has 2 aromatic rings. The Hall–Kier alpha value is -1.69. The van der Waals surface area contributed by atoms with Gasteiger partial charge in [-0.05, 0) is 6.92 Å². The second-order valence-electron chi connectivity index (χ2n) is 2.33. The number of hydrogen-bond acceptors (Lipinski definition) is 3. The van der Waals surface area contributed by atoms with Gasteiger partial charge in [-0.1, -0.05) is 0 Å². The second-order valence-corrected chi connectivity index (χ2v) is 2.33. The van der Waals surface area contributed by atoms with Crippen molar-refractivity contribution >= 4 is 5.65 Å². The van der Waals surface area contributed by atoms with Gasteiger partial charge in [-0.15, -0.1) is 10.2 Å². The van der Waals surface area contributed by atoms with Crippen molar-refractivity contribution in [2.45, 2.75) is 6.92 Å². The zero-order valence-corrected chi connectivity index (χ0v) is 6.90. The Labute approximate surface area is 67.8 Å². The Kier molecular flexibility index (Phi) is 1.92. The monoisotopic (exact) mass is 168 g/mol. The molecule has 0 bridgehead atoms. The van der Waals surface area contributed by atoms with E-state index < -0.39 is 0 Å². The number of hydrogen-bond donors (Lipinski definition) is 2. The van der Waals surface area contributed by atoms with Crippen molar-refractivity contribution in [1.29, 1.82) is 0 Å². The molecule has 0 amide bonds. The highest BCUT2D eigenvalue weighted by Crippen LogP contribution is 1.89. The van der Waals surface area contributed by atoms with Gasteiger partial charge in [-0.25, -0.2) is 4.52 Å². The van der Waals surface area contributed by atoms with E-state index in [1.54, 1.807) is 6.92 Å². The van der Waals surface area contributed by atoms with Crippen molar-refractivity contribution in [2.24, 2.45) is 0 Å². The highest BCUT2D eigenvalue weighted by atomic mass is 16.1. The van der Waals surface area contributed by atoms with E-state index in [1.807, 2.05) is 0 Å². The van der Waals surface area contributed by atoms with Crippen molar-refractivity contribution in [3.63, 3.8) is 0 Å². The molecule has 0 saturated carbocycles. The van der Waals surface area contributed by atoms with Crippen molar-refractivity contribution in [2.75, 3.05) is 0 Å². The maximum absolute atomic E-state index is 11.1. The van der Waals surface area contributed by atoms with Crippen molar-refractivity contribution in [3.8, 4) is 0 Å². The van der Waals surface area contributed by atoms with Gasteiger partial charge in [0.05, 0.1) is 0 Å². The molecule has 0 unspecified atom stereocenters. The first-order valence-electron chi connectivity index (χ1n) is 3.17. The summed E-state index contributed by atoms with van der Waals surface area (Å²) in [6, 6.07) is 1.49. The molecule has 6 nitrogen and oxygen atoms in total. The minimum atomic E-state index is -0.112. The number of H-pyrrole nitrogens is 1. The lowest BCUT2D eigenvalue weighted by molar-refractivity contribution is 0.888. The van der Waals surface area contributed by atoms with E-state index in [0.29, 0.717) is 5.65 Å².